The molecule has 5 aliphatic carbocycles. The van der Waals surface area contributed by atoms with Gasteiger partial charge in [0.15, 0.2) is 0 Å². The van der Waals surface area contributed by atoms with Crippen molar-refractivity contribution in [3.8, 4) is 0 Å². The molecule has 0 spiro atoms. The van der Waals surface area contributed by atoms with Crippen molar-refractivity contribution in [1.82, 2.24) is 0 Å². The first-order valence-corrected chi connectivity index (χ1v) is 15.0. The van der Waals surface area contributed by atoms with Crippen LogP contribution in [0.2, 0.25) is 0 Å². The van der Waals surface area contributed by atoms with E-state index >= 15 is 0 Å². The zero-order valence-corrected chi connectivity index (χ0v) is 23.7. The summed E-state index contributed by atoms with van der Waals surface area (Å²) in [5.41, 5.74) is 9.37. The van der Waals surface area contributed by atoms with E-state index in [1.54, 1.807) is 22.3 Å². The van der Waals surface area contributed by atoms with E-state index in [4.69, 9.17) is 0 Å². The molecule has 0 saturated heterocycles. The molecule has 0 radical (unpaired) electrons. The quantitative estimate of drug-likeness (QED) is 0.391. The maximum atomic E-state index is 2.81. The van der Waals surface area contributed by atoms with Crippen LogP contribution in [-0.4, -0.2) is 0 Å². The van der Waals surface area contributed by atoms with Crippen LogP contribution >= 0.6 is 0 Å². The molecule has 1 aromatic carbocycles. The average Bonchev–Trinajstić information content (AvgIpc) is 3.07. The molecule has 0 heterocycles. The summed E-state index contributed by atoms with van der Waals surface area (Å²) in [6.45, 7) is 21.1. The summed E-state index contributed by atoms with van der Waals surface area (Å²) in [7, 11) is 0. The van der Waals surface area contributed by atoms with Gasteiger partial charge in [0.2, 0.25) is 0 Å². The van der Waals surface area contributed by atoms with E-state index < -0.39 is 0 Å². The molecule has 4 fully saturated rings. The SMILES string of the molecule is CCc1ccc(C)c2c1CC1(C)C2CCC2(C)C1CCC1C3(C)CCCC(C)(C)C3CCC12C. The van der Waals surface area contributed by atoms with Gasteiger partial charge in [0.05, 0.1) is 0 Å². The van der Waals surface area contributed by atoms with Crippen LogP contribution in [0.1, 0.15) is 134 Å². The van der Waals surface area contributed by atoms with Gasteiger partial charge in [-0.3, -0.25) is 0 Å². The second kappa shape index (κ2) is 7.16. The van der Waals surface area contributed by atoms with Gasteiger partial charge in [-0.1, -0.05) is 67.0 Å². The lowest BCUT2D eigenvalue weighted by Crippen LogP contribution is -2.65. The number of rotatable bonds is 1. The van der Waals surface area contributed by atoms with Gasteiger partial charge in [-0.15, -0.1) is 0 Å². The molecule has 0 N–H and O–H groups in total. The Morgan fingerprint density at radius 1 is 0.735 bits per heavy atom. The van der Waals surface area contributed by atoms with E-state index in [0.29, 0.717) is 27.1 Å². The lowest BCUT2D eigenvalue weighted by molar-refractivity contribution is -0.235. The van der Waals surface area contributed by atoms with Crippen molar-refractivity contribution in [2.75, 3.05) is 0 Å². The van der Waals surface area contributed by atoms with E-state index in [-0.39, 0.29) is 0 Å². The van der Waals surface area contributed by atoms with Crippen LogP contribution in [0.3, 0.4) is 0 Å². The second-order valence-electron chi connectivity index (χ2n) is 15.5. The Hall–Kier alpha value is -0.780. The fraction of sp³-hybridized carbons (Fsp3) is 0.824. The topological polar surface area (TPSA) is 0 Å². The van der Waals surface area contributed by atoms with Gasteiger partial charge in [0.1, 0.15) is 0 Å². The van der Waals surface area contributed by atoms with Gasteiger partial charge in [-0.2, -0.15) is 0 Å². The Balaban J connectivity index is 1.41. The van der Waals surface area contributed by atoms with Gasteiger partial charge in [-0.25, -0.2) is 0 Å². The Bertz CT molecular complexity index is 1000. The number of fused-ring (bicyclic) bond motifs is 9. The average molecular weight is 461 g/mol. The Labute approximate surface area is 211 Å². The molecule has 0 bridgehead atoms. The van der Waals surface area contributed by atoms with E-state index in [9.17, 15) is 0 Å². The highest BCUT2D eigenvalue weighted by Gasteiger charge is 2.70. The maximum Gasteiger partial charge on any atom is -0.00963 e. The Kier molecular flexibility index (Phi) is 4.97. The molecular weight excluding hydrogens is 408 g/mol. The van der Waals surface area contributed by atoms with Gasteiger partial charge < -0.3 is 0 Å². The fourth-order valence-electron chi connectivity index (χ4n) is 12.5. The first kappa shape index (κ1) is 23.6. The number of benzene rings is 1. The predicted molar refractivity (Wildman–Crippen MR) is 145 cm³/mol. The summed E-state index contributed by atoms with van der Waals surface area (Å²) in [5.74, 6) is 3.54. The molecule has 4 saturated carbocycles. The number of hydrogen-bond donors (Lipinski definition) is 0. The minimum atomic E-state index is 0.461. The van der Waals surface area contributed by atoms with E-state index in [1.165, 1.54) is 70.6 Å². The van der Waals surface area contributed by atoms with Crippen LogP contribution in [0.15, 0.2) is 12.1 Å². The van der Waals surface area contributed by atoms with E-state index in [2.05, 4.69) is 67.5 Å². The van der Waals surface area contributed by atoms with Crippen molar-refractivity contribution >= 4 is 0 Å². The normalized spacial score (nSPS) is 48.8. The highest BCUT2D eigenvalue weighted by atomic mass is 14.7. The Morgan fingerprint density at radius 2 is 1.38 bits per heavy atom. The third kappa shape index (κ3) is 2.68. The van der Waals surface area contributed by atoms with E-state index in [0.717, 1.165) is 23.7 Å². The molecule has 5 aliphatic rings. The molecular formula is C34H52. The first-order valence-electron chi connectivity index (χ1n) is 15.0. The Morgan fingerprint density at radius 3 is 2.06 bits per heavy atom. The standard InChI is InChI=1S/C34H52/c1-9-23-12-11-22(2)29-24(23)21-32(6)25(29)15-19-33(7)28(32)14-13-27-31(5)18-10-17-30(3,4)26(31)16-20-34(27,33)8/h11-12,25-28H,9-10,13-21H2,1-8H3. The lowest BCUT2D eigenvalue weighted by Gasteiger charge is -2.73. The smallest absolute Gasteiger partial charge is 0.00963 e. The molecule has 6 rings (SSSR count). The fourth-order valence-corrected chi connectivity index (χ4v) is 12.5. The molecule has 0 heteroatoms. The van der Waals surface area contributed by atoms with Crippen LogP contribution in [0, 0.1) is 51.8 Å². The zero-order chi connectivity index (χ0) is 24.3. The third-order valence-corrected chi connectivity index (χ3v) is 14.1. The molecule has 0 aliphatic heterocycles. The zero-order valence-electron chi connectivity index (χ0n) is 23.7. The van der Waals surface area contributed by atoms with E-state index in [1.807, 2.05) is 0 Å². The summed E-state index contributed by atoms with van der Waals surface area (Å²) in [6, 6.07) is 4.90. The van der Waals surface area contributed by atoms with Crippen LogP contribution in [0.4, 0.5) is 0 Å². The minimum Gasteiger partial charge on any atom is -0.0613 e. The molecule has 188 valence electrons. The van der Waals surface area contributed by atoms with Gasteiger partial charge in [-0.05, 0) is 144 Å². The highest BCUT2D eigenvalue weighted by molar-refractivity contribution is 5.49. The lowest BCUT2D eigenvalue weighted by atomic mass is 9.32. The van der Waals surface area contributed by atoms with Crippen LogP contribution in [0.5, 0.6) is 0 Å². The number of hydrogen-bond acceptors (Lipinski definition) is 0. The summed E-state index contributed by atoms with van der Waals surface area (Å²) < 4.78 is 0. The number of aryl methyl sites for hydroxylation is 2. The maximum absolute atomic E-state index is 2.81. The van der Waals surface area contributed by atoms with Gasteiger partial charge in [0.25, 0.3) is 0 Å². The predicted octanol–water partition coefficient (Wildman–Crippen LogP) is 9.66. The van der Waals surface area contributed by atoms with Crippen molar-refractivity contribution in [2.45, 2.75) is 132 Å². The van der Waals surface area contributed by atoms with Crippen LogP contribution in [0.25, 0.3) is 0 Å². The monoisotopic (exact) mass is 460 g/mol. The van der Waals surface area contributed by atoms with Crippen LogP contribution in [-0.2, 0) is 12.8 Å². The summed E-state index contributed by atoms with van der Waals surface area (Å²) in [5, 5.41) is 0. The summed E-state index contributed by atoms with van der Waals surface area (Å²) in [6.07, 6.45) is 15.8. The van der Waals surface area contributed by atoms with Crippen molar-refractivity contribution in [2.24, 2.45) is 44.8 Å². The van der Waals surface area contributed by atoms with Gasteiger partial charge in [0, 0.05) is 0 Å². The molecule has 8 unspecified atom stereocenters. The molecule has 34 heavy (non-hydrogen) atoms. The molecule has 0 amide bonds. The van der Waals surface area contributed by atoms with Crippen molar-refractivity contribution < 1.29 is 0 Å². The first-order chi connectivity index (χ1) is 15.9. The van der Waals surface area contributed by atoms with Crippen LogP contribution < -0.4 is 0 Å². The third-order valence-electron chi connectivity index (χ3n) is 14.1. The van der Waals surface area contributed by atoms with Crippen molar-refractivity contribution in [3.63, 3.8) is 0 Å². The van der Waals surface area contributed by atoms with Crippen molar-refractivity contribution in [1.29, 1.82) is 0 Å². The largest absolute Gasteiger partial charge is 0.0613 e. The van der Waals surface area contributed by atoms with Crippen molar-refractivity contribution in [3.05, 3.63) is 34.4 Å². The molecule has 8 atom stereocenters. The molecule has 0 aromatic heterocycles. The summed E-state index contributed by atoms with van der Waals surface area (Å²) >= 11 is 0. The molecule has 1 aromatic rings. The van der Waals surface area contributed by atoms with Gasteiger partial charge >= 0.3 is 0 Å². The minimum absolute atomic E-state index is 0.461. The second-order valence-corrected chi connectivity index (χ2v) is 15.5. The summed E-state index contributed by atoms with van der Waals surface area (Å²) in [4.78, 5) is 0. The highest BCUT2D eigenvalue weighted by Crippen LogP contribution is 2.78. The molecule has 0 nitrogen and oxygen atoms in total.